The first-order chi connectivity index (χ1) is 1.73. The minimum Gasteiger partial charge on any atom is -0.450 e. The molecular formula is CH6MgO4. The van der Waals surface area contributed by atoms with Crippen LogP contribution in [0.25, 0.3) is 0 Å². The van der Waals surface area contributed by atoms with Crippen molar-refractivity contribution < 1.29 is 20.5 Å². The van der Waals surface area contributed by atoms with E-state index in [2.05, 4.69) is 0 Å². The molecule has 0 unspecified atom stereocenters. The highest BCUT2D eigenvalue weighted by Gasteiger charge is 1.70. The minimum absolute atomic E-state index is 0. The predicted molar refractivity (Wildman–Crippen MR) is 22.8 cm³/mol. The van der Waals surface area contributed by atoms with Crippen LogP contribution >= 0.6 is 0 Å². The largest absolute Gasteiger partial charge is 0.503 e. The van der Waals surface area contributed by atoms with Crippen LogP contribution in [0.2, 0.25) is 0 Å². The fourth-order valence-corrected chi connectivity index (χ4v) is 0. The highest BCUT2D eigenvalue weighted by atomic mass is 24.3. The topological polar surface area (TPSA) is 89.0 Å². The van der Waals surface area contributed by atoms with Crippen LogP contribution in [0.3, 0.4) is 0 Å². The molecule has 0 fully saturated rings. The van der Waals surface area contributed by atoms with Crippen LogP contribution in [-0.4, -0.2) is 44.9 Å². The Hall–Kier alpha value is -0.00377. The quantitative estimate of drug-likeness (QED) is 0.368. The molecule has 0 aliphatic rings. The summed E-state index contributed by atoms with van der Waals surface area (Å²) in [6.07, 6.45) is -1.83. The van der Waals surface area contributed by atoms with Gasteiger partial charge >= 0.3 is 29.2 Å². The van der Waals surface area contributed by atoms with Crippen molar-refractivity contribution in [3.05, 3.63) is 0 Å². The maximum Gasteiger partial charge on any atom is 0.503 e. The van der Waals surface area contributed by atoms with Crippen LogP contribution < -0.4 is 0 Å². The van der Waals surface area contributed by atoms with Gasteiger partial charge in [0.25, 0.3) is 0 Å². The van der Waals surface area contributed by atoms with Gasteiger partial charge in [-0.15, -0.1) is 0 Å². The van der Waals surface area contributed by atoms with E-state index < -0.39 is 6.16 Å². The Morgan fingerprint density at radius 3 is 1.33 bits per heavy atom. The molecule has 0 aliphatic heterocycles. The third-order valence-electron chi connectivity index (χ3n) is 0. The summed E-state index contributed by atoms with van der Waals surface area (Å²) in [7, 11) is 0. The smallest absolute Gasteiger partial charge is 0.450 e. The van der Waals surface area contributed by atoms with Crippen LogP contribution in [0.5, 0.6) is 0 Å². The summed E-state index contributed by atoms with van der Waals surface area (Å²) >= 11 is 0. The standard InChI is InChI=1S/CH2O3.Mg.H2O.2H/c2-1(3)4;;;;/h(H2,2,3,4);;1H2;;. The fourth-order valence-electron chi connectivity index (χ4n) is 0. The van der Waals surface area contributed by atoms with Gasteiger partial charge in [-0.1, -0.05) is 0 Å². The minimum atomic E-state index is -1.83. The van der Waals surface area contributed by atoms with E-state index in [-0.39, 0.29) is 28.5 Å². The molecule has 0 atom stereocenters. The van der Waals surface area contributed by atoms with Gasteiger partial charge in [0.15, 0.2) is 0 Å². The van der Waals surface area contributed by atoms with Crippen molar-refractivity contribution in [2.24, 2.45) is 0 Å². The predicted octanol–water partition coefficient (Wildman–Crippen LogP) is -1.52. The van der Waals surface area contributed by atoms with Crippen LogP contribution in [0.4, 0.5) is 4.79 Å². The van der Waals surface area contributed by atoms with Gasteiger partial charge in [-0.25, -0.2) is 4.79 Å². The summed E-state index contributed by atoms with van der Waals surface area (Å²) < 4.78 is 0. The average molecular weight is 106 g/mol. The van der Waals surface area contributed by atoms with E-state index in [9.17, 15) is 0 Å². The molecular weight excluding hydrogens is 100 g/mol. The molecule has 0 saturated carbocycles. The van der Waals surface area contributed by atoms with Gasteiger partial charge in [0.1, 0.15) is 0 Å². The second-order valence-corrected chi connectivity index (χ2v) is 0.283. The summed E-state index contributed by atoms with van der Waals surface area (Å²) in [4.78, 5) is 8.56. The Morgan fingerprint density at radius 2 is 1.33 bits per heavy atom. The molecule has 36 valence electrons. The first-order valence-electron chi connectivity index (χ1n) is 0.651. The lowest BCUT2D eigenvalue weighted by Gasteiger charge is -1.60. The van der Waals surface area contributed by atoms with E-state index in [0.29, 0.717) is 0 Å². The van der Waals surface area contributed by atoms with Gasteiger partial charge < -0.3 is 15.7 Å². The van der Waals surface area contributed by atoms with Crippen LogP contribution in [-0.2, 0) is 0 Å². The summed E-state index contributed by atoms with van der Waals surface area (Å²) in [5.74, 6) is 0. The van der Waals surface area contributed by atoms with Crippen molar-refractivity contribution >= 4 is 29.2 Å². The molecule has 0 spiro atoms. The second kappa shape index (κ2) is 8.89. The molecule has 0 heterocycles. The van der Waals surface area contributed by atoms with Crippen LogP contribution in [0.1, 0.15) is 0 Å². The van der Waals surface area contributed by atoms with Crippen molar-refractivity contribution in [3.8, 4) is 0 Å². The van der Waals surface area contributed by atoms with Gasteiger partial charge in [0.05, 0.1) is 0 Å². The molecule has 0 bridgehead atoms. The third-order valence-corrected chi connectivity index (χ3v) is 0. The monoisotopic (exact) mass is 106 g/mol. The Labute approximate surface area is 50.2 Å². The zero-order chi connectivity index (χ0) is 3.58. The molecule has 0 aromatic heterocycles. The summed E-state index contributed by atoms with van der Waals surface area (Å²) in [5, 5.41) is 13.9. The molecule has 0 amide bonds. The molecule has 0 radical (unpaired) electrons. The molecule has 5 heteroatoms. The first-order valence-corrected chi connectivity index (χ1v) is 0.651. The van der Waals surface area contributed by atoms with Gasteiger partial charge in [-0.05, 0) is 0 Å². The Balaban J connectivity index is -0.0000000450. The molecule has 0 aromatic rings. The Bertz CT molecular complexity index is 30.5. The molecule has 4 N–H and O–H groups in total. The van der Waals surface area contributed by atoms with Crippen molar-refractivity contribution in [3.63, 3.8) is 0 Å². The number of hydrogen-bond donors (Lipinski definition) is 2. The lowest BCUT2D eigenvalue weighted by atomic mass is 11.5. The first kappa shape index (κ1) is 16.7. The van der Waals surface area contributed by atoms with Gasteiger partial charge in [0, 0.05) is 0 Å². The maximum absolute atomic E-state index is 8.56. The van der Waals surface area contributed by atoms with E-state index in [4.69, 9.17) is 15.0 Å². The van der Waals surface area contributed by atoms with Crippen molar-refractivity contribution in [2.45, 2.75) is 0 Å². The molecule has 0 aromatic carbocycles. The van der Waals surface area contributed by atoms with E-state index in [0.717, 1.165) is 0 Å². The Morgan fingerprint density at radius 1 is 1.33 bits per heavy atom. The van der Waals surface area contributed by atoms with Crippen molar-refractivity contribution in [1.29, 1.82) is 0 Å². The van der Waals surface area contributed by atoms with Crippen molar-refractivity contribution in [1.82, 2.24) is 0 Å². The fraction of sp³-hybridized carbons (Fsp3) is 0. The zero-order valence-corrected chi connectivity index (χ0v) is 2.30. The highest BCUT2D eigenvalue weighted by molar-refractivity contribution is 5.75. The number of carboxylic acid groups (broad SMARTS) is 2. The van der Waals surface area contributed by atoms with E-state index in [1.807, 2.05) is 0 Å². The van der Waals surface area contributed by atoms with E-state index >= 15 is 0 Å². The van der Waals surface area contributed by atoms with Gasteiger partial charge in [0.2, 0.25) is 0 Å². The van der Waals surface area contributed by atoms with E-state index in [1.54, 1.807) is 0 Å². The molecule has 0 rings (SSSR count). The van der Waals surface area contributed by atoms with Crippen LogP contribution in [0.15, 0.2) is 0 Å². The SMILES string of the molecule is O.O=C(O)O.[MgH2]. The second-order valence-electron chi connectivity index (χ2n) is 0.283. The Kier molecular flexibility index (Phi) is 24.7. The van der Waals surface area contributed by atoms with Gasteiger partial charge in [-0.2, -0.15) is 0 Å². The molecule has 6 heavy (non-hydrogen) atoms. The van der Waals surface area contributed by atoms with Crippen molar-refractivity contribution in [2.75, 3.05) is 0 Å². The normalized spacial score (nSPS) is 4.00. The van der Waals surface area contributed by atoms with Crippen LogP contribution in [0, 0.1) is 0 Å². The summed E-state index contributed by atoms with van der Waals surface area (Å²) in [6, 6.07) is 0. The summed E-state index contributed by atoms with van der Waals surface area (Å²) in [5.41, 5.74) is 0. The molecule has 4 nitrogen and oxygen atoms in total. The molecule has 0 saturated heterocycles. The number of rotatable bonds is 0. The number of carbonyl (C=O) groups is 1. The zero-order valence-electron chi connectivity index (χ0n) is 2.30. The number of hydrogen-bond acceptors (Lipinski definition) is 1. The van der Waals surface area contributed by atoms with Gasteiger partial charge in [-0.3, -0.25) is 0 Å². The average Bonchev–Trinajstić information content (AvgIpc) is 0.811. The third kappa shape index (κ3) is 2530000. The summed E-state index contributed by atoms with van der Waals surface area (Å²) in [6.45, 7) is 0. The molecule has 0 aliphatic carbocycles. The van der Waals surface area contributed by atoms with E-state index in [1.165, 1.54) is 0 Å². The lowest BCUT2D eigenvalue weighted by Crippen LogP contribution is -1.81. The maximum atomic E-state index is 8.56. The lowest BCUT2D eigenvalue weighted by molar-refractivity contribution is 0.137. The highest BCUT2D eigenvalue weighted by Crippen LogP contribution is 1.42.